The molecule has 3 aromatic rings. The van der Waals surface area contributed by atoms with Gasteiger partial charge in [0.15, 0.2) is 5.58 Å². The fraction of sp³-hybridized carbons (Fsp3) is 0.0769. The first-order valence-electron chi connectivity index (χ1n) is 5.62. The maximum atomic E-state index is 11.1. The molecule has 0 aliphatic carbocycles. The van der Waals surface area contributed by atoms with Crippen LogP contribution in [-0.2, 0) is 0 Å². The molecule has 0 amide bonds. The lowest BCUT2D eigenvalue weighted by Crippen LogP contribution is -2.11. The van der Waals surface area contributed by atoms with Crippen molar-refractivity contribution < 1.29 is 4.42 Å². The molecule has 19 heavy (non-hydrogen) atoms. The van der Waals surface area contributed by atoms with E-state index in [2.05, 4.69) is 25.9 Å². The number of nitrogens with zero attached hydrogens (tertiary/aromatic N) is 1. The van der Waals surface area contributed by atoms with E-state index in [9.17, 15) is 4.79 Å². The highest BCUT2D eigenvalue weighted by Gasteiger charge is 2.12. The summed E-state index contributed by atoms with van der Waals surface area (Å²) in [4.78, 5) is 17.8. The first-order chi connectivity index (χ1) is 9.13. The van der Waals surface area contributed by atoms with Gasteiger partial charge < -0.3 is 10.2 Å². The lowest BCUT2D eigenvalue weighted by atomic mass is 10.0. The highest BCUT2D eigenvalue weighted by molar-refractivity contribution is 9.10. The van der Waals surface area contributed by atoms with E-state index >= 15 is 0 Å². The Balaban J connectivity index is 2.05. The SMILES string of the molecule is NC(c1cncc(Br)c1)c1ccc2[nH]c(=O)oc2c1. The number of hydrogen-bond acceptors (Lipinski definition) is 4. The second-order valence-corrected chi connectivity index (χ2v) is 5.10. The highest BCUT2D eigenvalue weighted by Crippen LogP contribution is 2.23. The fourth-order valence-corrected chi connectivity index (χ4v) is 2.33. The Morgan fingerprint density at radius 3 is 2.89 bits per heavy atom. The zero-order valence-corrected chi connectivity index (χ0v) is 11.3. The molecule has 0 bridgehead atoms. The minimum Gasteiger partial charge on any atom is -0.408 e. The van der Waals surface area contributed by atoms with Crippen molar-refractivity contribution in [2.45, 2.75) is 6.04 Å². The van der Waals surface area contributed by atoms with Gasteiger partial charge in [0.1, 0.15) is 0 Å². The molecular formula is C13H10BrN3O2. The Morgan fingerprint density at radius 2 is 2.11 bits per heavy atom. The van der Waals surface area contributed by atoms with E-state index in [0.29, 0.717) is 11.1 Å². The zero-order valence-electron chi connectivity index (χ0n) is 9.76. The number of aromatic nitrogens is 2. The van der Waals surface area contributed by atoms with Crippen LogP contribution in [0.4, 0.5) is 0 Å². The van der Waals surface area contributed by atoms with Gasteiger partial charge in [0.25, 0.3) is 0 Å². The van der Waals surface area contributed by atoms with Crippen LogP contribution in [0, 0.1) is 0 Å². The van der Waals surface area contributed by atoms with Crippen LogP contribution < -0.4 is 11.5 Å². The molecule has 0 radical (unpaired) electrons. The number of hydrogen-bond donors (Lipinski definition) is 2. The van der Waals surface area contributed by atoms with Gasteiger partial charge in [-0.05, 0) is 45.3 Å². The van der Waals surface area contributed by atoms with Gasteiger partial charge in [0.05, 0.1) is 11.6 Å². The van der Waals surface area contributed by atoms with Crippen molar-refractivity contribution in [3.63, 3.8) is 0 Å². The fourth-order valence-electron chi connectivity index (χ4n) is 1.95. The Hall–Kier alpha value is -1.92. The normalized spacial score (nSPS) is 12.7. The molecule has 3 rings (SSSR count). The Bertz CT molecular complexity index is 794. The summed E-state index contributed by atoms with van der Waals surface area (Å²) in [7, 11) is 0. The predicted octanol–water partition coefficient (Wildman–Crippen LogP) is 2.33. The summed E-state index contributed by atoms with van der Waals surface area (Å²) in [6.07, 6.45) is 3.41. The maximum Gasteiger partial charge on any atom is 0.417 e. The van der Waals surface area contributed by atoms with Gasteiger partial charge in [-0.15, -0.1) is 0 Å². The van der Waals surface area contributed by atoms with Crippen molar-refractivity contribution >= 4 is 27.0 Å². The largest absolute Gasteiger partial charge is 0.417 e. The number of nitrogens with two attached hydrogens (primary N) is 1. The summed E-state index contributed by atoms with van der Waals surface area (Å²) in [5, 5.41) is 0. The highest BCUT2D eigenvalue weighted by atomic mass is 79.9. The molecule has 96 valence electrons. The van der Waals surface area contributed by atoms with Crippen LogP contribution in [0.15, 0.2) is 50.3 Å². The van der Waals surface area contributed by atoms with Gasteiger partial charge in [0, 0.05) is 16.9 Å². The molecule has 2 heterocycles. The standard InChI is InChI=1S/C13H10BrN3O2/c14-9-3-8(5-16-6-9)12(15)7-1-2-10-11(4-7)19-13(18)17-10/h1-6,12H,15H2,(H,17,18). The molecule has 0 aliphatic heterocycles. The van der Waals surface area contributed by atoms with E-state index in [1.165, 1.54) is 0 Å². The second kappa shape index (κ2) is 4.64. The van der Waals surface area contributed by atoms with Crippen molar-refractivity contribution in [2.24, 2.45) is 5.73 Å². The van der Waals surface area contributed by atoms with Crippen molar-refractivity contribution in [1.29, 1.82) is 0 Å². The first kappa shape index (κ1) is 12.1. The summed E-state index contributed by atoms with van der Waals surface area (Å²) in [6.45, 7) is 0. The van der Waals surface area contributed by atoms with E-state index in [1.54, 1.807) is 24.5 Å². The van der Waals surface area contributed by atoms with Gasteiger partial charge in [-0.2, -0.15) is 0 Å². The average molecular weight is 320 g/mol. The Labute approximate surface area is 116 Å². The minimum atomic E-state index is -0.468. The summed E-state index contributed by atoms with van der Waals surface area (Å²) in [5.74, 6) is -0.468. The molecule has 6 heteroatoms. The third kappa shape index (κ3) is 2.32. The van der Waals surface area contributed by atoms with E-state index in [-0.39, 0.29) is 6.04 Å². The van der Waals surface area contributed by atoms with Crippen molar-refractivity contribution in [3.8, 4) is 0 Å². The van der Waals surface area contributed by atoms with Crippen molar-refractivity contribution in [2.75, 3.05) is 0 Å². The number of nitrogens with one attached hydrogen (secondary N) is 1. The molecule has 0 saturated carbocycles. The molecule has 1 unspecified atom stereocenters. The van der Waals surface area contributed by atoms with Gasteiger partial charge in [-0.3, -0.25) is 9.97 Å². The Kier molecular flexibility index (Phi) is 2.96. The summed E-state index contributed by atoms with van der Waals surface area (Å²) >= 11 is 3.36. The third-order valence-electron chi connectivity index (χ3n) is 2.89. The smallest absolute Gasteiger partial charge is 0.408 e. The van der Waals surface area contributed by atoms with E-state index in [1.807, 2.05) is 12.1 Å². The van der Waals surface area contributed by atoms with Crippen LogP contribution in [0.2, 0.25) is 0 Å². The molecule has 0 aliphatic rings. The number of pyridine rings is 1. The third-order valence-corrected chi connectivity index (χ3v) is 3.32. The molecule has 0 spiro atoms. The number of aromatic amines is 1. The summed E-state index contributed by atoms with van der Waals surface area (Å²) in [6, 6.07) is 6.99. The first-order valence-corrected chi connectivity index (χ1v) is 6.41. The van der Waals surface area contributed by atoms with Crippen LogP contribution in [0.1, 0.15) is 17.2 Å². The monoisotopic (exact) mass is 319 g/mol. The van der Waals surface area contributed by atoms with Crippen LogP contribution in [-0.4, -0.2) is 9.97 Å². The summed E-state index contributed by atoms with van der Waals surface area (Å²) in [5.41, 5.74) is 9.09. The van der Waals surface area contributed by atoms with Crippen LogP contribution in [0.3, 0.4) is 0 Å². The van der Waals surface area contributed by atoms with Crippen LogP contribution >= 0.6 is 15.9 Å². The molecule has 0 saturated heterocycles. The lowest BCUT2D eigenvalue weighted by Gasteiger charge is -2.12. The predicted molar refractivity (Wildman–Crippen MR) is 74.8 cm³/mol. The topological polar surface area (TPSA) is 84.9 Å². The molecule has 5 nitrogen and oxygen atoms in total. The van der Waals surface area contributed by atoms with Crippen LogP contribution in [0.25, 0.3) is 11.1 Å². The van der Waals surface area contributed by atoms with Crippen molar-refractivity contribution in [3.05, 3.63) is 62.8 Å². The van der Waals surface area contributed by atoms with Gasteiger partial charge in [0.2, 0.25) is 0 Å². The maximum absolute atomic E-state index is 11.1. The molecular weight excluding hydrogens is 310 g/mol. The van der Waals surface area contributed by atoms with Crippen LogP contribution in [0.5, 0.6) is 0 Å². The van der Waals surface area contributed by atoms with E-state index in [4.69, 9.17) is 10.2 Å². The van der Waals surface area contributed by atoms with Crippen molar-refractivity contribution in [1.82, 2.24) is 9.97 Å². The molecule has 0 fully saturated rings. The molecule has 3 N–H and O–H groups in total. The Morgan fingerprint density at radius 1 is 1.26 bits per heavy atom. The molecule has 2 aromatic heterocycles. The number of H-pyrrole nitrogens is 1. The van der Waals surface area contributed by atoms with Gasteiger partial charge in [-0.25, -0.2) is 4.79 Å². The average Bonchev–Trinajstić information content (AvgIpc) is 2.76. The number of rotatable bonds is 2. The lowest BCUT2D eigenvalue weighted by molar-refractivity contribution is 0.555. The number of halogens is 1. The zero-order chi connectivity index (χ0) is 13.4. The number of benzene rings is 1. The number of fused-ring (bicyclic) bond motifs is 1. The molecule has 1 atom stereocenters. The van der Waals surface area contributed by atoms with Gasteiger partial charge in [-0.1, -0.05) is 6.07 Å². The number of oxazole rings is 1. The van der Waals surface area contributed by atoms with Gasteiger partial charge >= 0.3 is 5.76 Å². The summed E-state index contributed by atoms with van der Waals surface area (Å²) < 4.78 is 5.90. The quantitative estimate of drug-likeness (QED) is 0.759. The second-order valence-electron chi connectivity index (χ2n) is 4.18. The molecule has 1 aromatic carbocycles. The van der Waals surface area contributed by atoms with E-state index < -0.39 is 5.76 Å². The minimum absolute atomic E-state index is 0.324. The van der Waals surface area contributed by atoms with E-state index in [0.717, 1.165) is 15.6 Å².